The highest BCUT2D eigenvalue weighted by Gasteiger charge is 2.29. The number of fused-ring (bicyclic) bond motifs is 1. The van der Waals surface area contributed by atoms with E-state index in [-0.39, 0.29) is 35.5 Å². The minimum absolute atomic E-state index is 0.162. The van der Waals surface area contributed by atoms with Crippen molar-refractivity contribution in [1.82, 2.24) is 4.31 Å². The predicted octanol–water partition coefficient (Wildman–Crippen LogP) is 4.97. The van der Waals surface area contributed by atoms with Gasteiger partial charge in [0.05, 0.1) is 16.3 Å². The summed E-state index contributed by atoms with van der Waals surface area (Å²) in [5.74, 6) is 0.674. The van der Waals surface area contributed by atoms with Gasteiger partial charge in [-0.15, -0.1) is 0 Å². The Bertz CT molecular complexity index is 1360. The van der Waals surface area contributed by atoms with E-state index in [0.717, 1.165) is 17.2 Å². The normalized spacial score (nSPS) is 16.5. The van der Waals surface area contributed by atoms with Crippen LogP contribution >= 0.6 is 0 Å². The molecule has 0 fully saturated rings. The molecule has 0 radical (unpaired) electrons. The van der Waals surface area contributed by atoms with Crippen LogP contribution in [-0.4, -0.2) is 36.4 Å². The smallest absolute Gasteiger partial charge is 0.270 e. The van der Waals surface area contributed by atoms with Gasteiger partial charge in [-0.1, -0.05) is 56.3 Å². The van der Waals surface area contributed by atoms with E-state index in [9.17, 15) is 18.5 Å². The number of nitro groups is 1. The van der Waals surface area contributed by atoms with Crippen molar-refractivity contribution >= 4 is 27.1 Å². The summed E-state index contributed by atoms with van der Waals surface area (Å²) in [6, 6.07) is 21.0. The minimum Gasteiger partial charge on any atom is -0.485 e. The molecule has 0 amide bonds. The molecule has 4 rings (SSSR count). The number of hydrazone groups is 1. The van der Waals surface area contributed by atoms with Gasteiger partial charge in [0.2, 0.25) is 10.0 Å². The van der Waals surface area contributed by atoms with Crippen LogP contribution < -0.4 is 10.2 Å². The number of hydrogen-bond acceptors (Lipinski definition) is 7. The zero-order chi connectivity index (χ0) is 25.0. The fraction of sp³-hybridized carbons (Fsp3) is 0.240. The molecule has 1 aliphatic rings. The van der Waals surface area contributed by atoms with E-state index < -0.39 is 14.9 Å². The Morgan fingerprint density at radius 1 is 1.06 bits per heavy atom. The van der Waals surface area contributed by atoms with Crippen molar-refractivity contribution in [2.75, 3.05) is 18.5 Å². The third-order valence-electron chi connectivity index (χ3n) is 5.83. The summed E-state index contributed by atoms with van der Waals surface area (Å²) in [7, 11) is -3.98. The van der Waals surface area contributed by atoms with Gasteiger partial charge in [0.15, 0.2) is 0 Å². The van der Waals surface area contributed by atoms with Crippen LogP contribution in [0.4, 0.5) is 11.4 Å². The molecule has 1 heterocycles. The van der Waals surface area contributed by atoms with Crippen LogP contribution in [0.5, 0.6) is 5.75 Å². The van der Waals surface area contributed by atoms with Gasteiger partial charge in [-0.3, -0.25) is 15.5 Å². The summed E-state index contributed by atoms with van der Waals surface area (Å²) in [6.07, 6.45) is 0.196. The van der Waals surface area contributed by atoms with E-state index in [1.54, 1.807) is 13.8 Å². The SMILES string of the molecule is CCN(CC)S(=O)(=O)c1cc([N+](=O)[O-])ccc1NN=C1CC(c2ccccc2)Oc2ccccc21. The quantitative estimate of drug-likeness (QED) is 0.349. The summed E-state index contributed by atoms with van der Waals surface area (Å²) in [5, 5.41) is 15.9. The summed E-state index contributed by atoms with van der Waals surface area (Å²) in [4.78, 5) is 10.5. The van der Waals surface area contributed by atoms with Gasteiger partial charge in [0, 0.05) is 37.2 Å². The molecule has 9 nitrogen and oxygen atoms in total. The van der Waals surface area contributed by atoms with Gasteiger partial charge in [0.1, 0.15) is 16.7 Å². The molecule has 182 valence electrons. The molecule has 1 N–H and O–H groups in total. The van der Waals surface area contributed by atoms with E-state index in [0.29, 0.717) is 17.9 Å². The molecule has 0 spiro atoms. The second-order valence-electron chi connectivity index (χ2n) is 7.91. The van der Waals surface area contributed by atoms with Crippen molar-refractivity contribution in [1.29, 1.82) is 0 Å². The zero-order valence-corrected chi connectivity index (χ0v) is 20.2. The fourth-order valence-electron chi connectivity index (χ4n) is 4.01. The Balaban J connectivity index is 1.75. The number of benzene rings is 3. The summed E-state index contributed by atoms with van der Waals surface area (Å²) in [6.45, 7) is 3.90. The third kappa shape index (κ3) is 5.03. The molecule has 0 aromatic heterocycles. The van der Waals surface area contributed by atoms with Crippen LogP contribution in [0.3, 0.4) is 0 Å². The monoisotopic (exact) mass is 494 g/mol. The Labute approximate surface area is 204 Å². The average Bonchev–Trinajstić information content (AvgIpc) is 2.88. The molecule has 1 atom stereocenters. The zero-order valence-electron chi connectivity index (χ0n) is 19.4. The molecule has 0 bridgehead atoms. The van der Waals surface area contributed by atoms with E-state index in [1.165, 1.54) is 16.4 Å². The van der Waals surface area contributed by atoms with Crippen LogP contribution in [0.2, 0.25) is 0 Å². The van der Waals surface area contributed by atoms with Crippen LogP contribution in [0.15, 0.2) is 82.8 Å². The number of nitro benzene ring substituents is 1. The first kappa shape index (κ1) is 24.4. The number of sulfonamides is 1. The lowest BCUT2D eigenvalue weighted by atomic mass is 9.96. The first-order chi connectivity index (χ1) is 16.8. The maximum atomic E-state index is 13.3. The number of hydrogen-bond donors (Lipinski definition) is 1. The summed E-state index contributed by atoms with van der Waals surface area (Å²) < 4.78 is 34.0. The molecule has 0 aliphatic carbocycles. The van der Waals surface area contributed by atoms with Crippen molar-refractivity contribution in [3.8, 4) is 5.75 Å². The Morgan fingerprint density at radius 2 is 1.74 bits per heavy atom. The number of non-ortho nitro benzene ring substituents is 1. The highest BCUT2D eigenvalue weighted by molar-refractivity contribution is 7.89. The van der Waals surface area contributed by atoms with E-state index in [2.05, 4.69) is 10.5 Å². The van der Waals surface area contributed by atoms with Crippen molar-refractivity contribution in [2.24, 2.45) is 5.10 Å². The lowest BCUT2D eigenvalue weighted by Crippen LogP contribution is -2.31. The van der Waals surface area contributed by atoms with Crippen LogP contribution in [0.25, 0.3) is 0 Å². The second-order valence-corrected chi connectivity index (χ2v) is 9.82. The summed E-state index contributed by atoms with van der Waals surface area (Å²) in [5.41, 5.74) is 5.20. The highest BCUT2D eigenvalue weighted by atomic mass is 32.2. The summed E-state index contributed by atoms with van der Waals surface area (Å²) >= 11 is 0. The molecule has 3 aromatic carbocycles. The molecule has 0 saturated heterocycles. The first-order valence-corrected chi connectivity index (χ1v) is 12.7. The van der Waals surface area contributed by atoms with Crippen molar-refractivity contribution < 1.29 is 18.1 Å². The molecular formula is C25H26N4O5S. The maximum Gasteiger partial charge on any atom is 0.270 e. The van der Waals surface area contributed by atoms with Gasteiger partial charge >= 0.3 is 0 Å². The largest absolute Gasteiger partial charge is 0.485 e. The molecular weight excluding hydrogens is 468 g/mol. The topological polar surface area (TPSA) is 114 Å². The van der Waals surface area contributed by atoms with Gasteiger partial charge < -0.3 is 4.74 Å². The van der Waals surface area contributed by atoms with Crippen LogP contribution in [0, 0.1) is 10.1 Å². The number of anilines is 1. The fourth-order valence-corrected chi connectivity index (χ4v) is 5.63. The Kier molecular flexibility index (Phi) is 7.13. The first-order valence-electron chi connectivity index (χ1n) is 11.3. The third-order valence-corrected chi connectivity index (χ3v) is 7.92. The van der Waals surface area contributed by atoms with Crippen molar-refractivity contribution in [3.05, 3.63) is 94.0 Å². The highest BCUT2D eigenvalue weighted by Crippen LogP contribution is 2.36. The van der Waals surface area contributed by atoms with E-state index in [4.69, 9.17) is 4.74 Å². The lowest BCUT2D eigenvalue weighted by Gasteiger charge is -2.27. The molecule has 0 saturated carbocycles. The maximum absolute atomic E-state index is 13.3. The standard InChI is InChI=1S/C25H26N4O5S/c1-3-28(4-2)35(32,33)25-16-19(29(30)31)14-15-21(25)26-27-22-17-24(18-10-6-5-7-11-18)34-23-13-9-8-12-20(22)23/h5-16,24,26H,3-4,17H2,1-2H3. The number of nitrogens with zero attached hydrogens (tertiary/aromatic N) is 3. The number of ether oxygens (including phenoxy) is 1. The average molecular weight is 495 g/mol. The molecule has 35 heavy (non-hydrogen) atoms. The molecule has 3 aromatic rings. The number of para-hydroxylation sites is 1. The number of rotatable bonds is 8. The van der Waals surface area contributed by atoms with Gasteiger partial charge in [-0.2, -0.15) is 9.41 Å². The molecule has 1 aliphatic heterocycles. The minimum atomic E-state index is -3.98. The van der Waals surface area contributed by atoms with Crippen LogP contribution in [-0.2, 0) is 10.0 Å². The molecule has 10 heteroatoms. The second kappa shape index (κ2) is 10.2. The van der Waals surface area contributed by atoms with E-state index in [1.807, 2.05) is 54.6 Å². The molecule has 1 unspecified atom stereocenters. The lowest BCUT2D eigenvalue weighted by molar-refractivity contribution is -0.385. The Hall–Kier alpha value is -3.76. The Morgan fingerprint density at radius 3 is 2.43 bits per heavy atom. The predicted molar refractivity (Wildman–Crippen MR) is 134 cm³/mol. The van der Waals surface area contributed by atoms with Crippen molar-refractivity contribution in [2.45, 2.75) is 31.3 Å². The van der Waals surface area contributed by atoms with Crippen molar-refractivity contribution in [3.63, 3.8) is 0 Å². The van der Waals surface area contributed by atoms with Gasteiger partial charge in [-0.05, 0) is 23.8 Å². The van der Waals surface area contributed by atoms with E-state index >= 15 is 0 Å². The van der Waals surface area contributed by atoms with Gasteiger partial charge in [-0.25, -0.2) is 8.42 Å². The number of nitrogens with one attached hydrogen (secondary N) is 1. The van der Waals surface area contributed by atoms with Gasteiger partial charge in [0.25, 0.3) is 5.69 Å². The van der Waals surface area contributed by atoms with Crippen LogP contribution in [0.1, 0.15) is 37.5 Å².